The van der Waals surface area contributed by atoms with Crippen LogP contribution in [0.3, 0.4) is 0 Å². The Balaban J connectivity index is 1.84. The highest BCUT2D eigenvalue weighted by Crippen LogP contribution is 2.33. The molecule has 1 aromatic carbocycles. The first kappa shape index (κ1) is 10.8. The topological polar surface area (TPSA) is 61.8 Å². The zero-order chi connectivity index (χ0) is 11.4. The molecular formula is C13H17N3. The summed E-state index contributed by atoms with van der Waals surface area (Å²) in [4.78, 5) is 0. The van der Waals surface area contributed by atoms with E-state index in [1.165, 1.54) is 25.7 Å². The summed E-state index contributed by atoms with van der Waals surface area (Å²) in [7, 11) is 0. The average molecular weight is 215 g/mol. The van der Waals surface area contributed by atoms with Crippen LogP contribution in [0.1, 0.15) is 31.2 Å². The SMILES string of the molecule is N#Cc1ccc(N)c(NCCCC2CC2)c1. The molecule has 3 N–H and O–H groups in total. The van der Waals surface area contributed by atoms with Gasteiger partial charge in [-0.3, -0.25) is 0 Å². The number of hydrogen-bond acceptors (Lipinski definition) is 3. The minimum Gasteiger partial charge on any atom is -0.397 e. The van der Waals surface area contributed by atoms with Gasteiger partial charge in [-0.2, -0.15) is 5.26 Å². The second kappa shape index (κ2) is 4.89. The van der Waals surface area contributed by atoms with Gasteiger partial charge in [-0.05, 0) is 37.0 Å². The summed E-state index contributed by atoms with van der Waals surface area (Å²) >= 11 is 0. The maximum Gasteiger partial charge on any atom is 0.0992 e. The van der Waals surface area contributed by atoms with Crippen LogP contribution in [-0.2, 0) is 0 Å². The summed E-state index contributed by atoms with van der Waals surface area (Å²) in [5.41, 5.74) is 8.08. The Morgan fingerprint density at radius 1 is 1.44 bits per heavy atom. The van der Waals surface area contributed by atoms with E-state index < -0.39 is 0 Å². The Morgan fingerprint density at radius 2 is 2.25 bits per heavy atom. The van der Waals surface area contributed by atoms with Crippen LogP contribution in [0, 0.1) is 17.2 Å². The van der Waals surface area contributed by atoms with Crippen LogP contribution in [0.15, 0.2) is 18.2 Å². The van der Waals surface area contributed by atoms with Crippen molar-refractivity contribution >= 4 is 11.4 Å². The van der Waals surface area contributed by atoms with E-state index in [4.69, 9.17) is 11.0 Å². The second-order valence-corrected chi connectivity index (χ2v) is 4.43. The van der Waals surface area contributed by atoms with Crippen LogP contribution >= 0.6 is 0 Å². The highest BCUT2D eigenvalue weighted by atomic mass is 14.9. The number of benzene rings is 1. The first-order chi connectivity index (χ1) is 7.79. The number of anilines is 2. The summed E-state index contributed by atoms with van der Waals surface area (Å²) in [6.45, 7) is 0.940. The molecule has 3 nitrogen and oxygen atoms in total. The molecule has 0 spiro atoms. The molecule has 0 unspecified atom stereocenters. The van der Waals surface area contributed by atoms with E-state index in [0.29, 0.717) is 11.3 Å². The summed E-state index contributed by atoms with van der Waals surface area (Å²) in [6, 6.07) is 7.45. The minimum atomic E-state index is 0.652. The van der Waals surface area contributed by atoms with Crippen molar-refractivity contribution in [2.45, 2.75) is 25.7 Å². The van der Waals surface area contributed by atoms with Crippen LogP contribution in [-0.4, -0.2) is 6.54 Å². The highest BCUT2D eigenvalue weighted by molar-refractivity contribution is 5.68. The monoisotopic (exact) mass is 215 g/mol. The van der Waals surface area contributed by atoms with Gasteiger partial charge in [0.2, 0.25) is 0 Å². The van der Waals surface area contributed by atoms with Crippen LogP contribution in [0.2, 0.25) is 0 Å². The van der Waals surface area contributed by atoms with Gasteiger partial charge in [0.1, 0.15) is 0 Å². The number of hydrogen-bond donors (Lipinski definition) is 2. The summed E-state index contributed by atoms with van der Waals surface area (Å²) < 4.78 is 0. The number of rotatable bonds is 5. The van der Waals surface area contributed by atoms with Crippen molar-refractivity contribution in [2.24, 2.45) is 5.92 Å². The molecule has 1 saturated carbocycles. The maximum absolute atomic E-state index is 8.79. The number of nitrogens with zero attached hydrogens (tertiary/aromatic N) is 1. The lowest BCUT2D eigenvalue weighted by Gasteiger charge is -2.09. The van der Waals surface area contributed by atoms with Gasteiger partial charge in [-0.15, -0.1) is 0 Å². The Morgan fingerprint density at radius 3 is 2.94 bits per heavy atom. The predicted molar refractivity (Wildman–Crippen MR) is 66.0 cm³/mol. The lowest BCUT2D eigenvalue weighted by atomic mass is 10.1. The minimum absolute atomic E-state index is 0.652. The largest absolute Gasteiger partial charge is 0.397 e. The molecule has 2 rings (SSSR count). The predicted octanol–water partition coefficient (Wildman–Crippen LogP) is 2.74. The van der Waals surface area contributed by atoms with Crippen LogP contribution in [0.4, 0.5) is 11.4 Å². The van der Waals surface area contributed by atoms with E-state index in [9.17, 15) is 0 Å². The zero-order valence-corrected chi connectivity index (χ0v) is 9.37. The second-order valence-electron chi connectivity index (χ2n) is 4.43. The third-order valence-corrected chi connectivity index (χ3v) is 2.98. The molecule has 0 saturated heterocycles. The van der Waals surface area contributed by atoms with Crippen molar-refractivity contribution in [3.8, 4) is 6.07 Å². The molecule has 1 aromatic rings. The molecule has 0 atom stereocenters. The van der Waals surface area contributed by atoms with Gasteiger partial charge >= 0.3 is 0 Å². The fourth-order valence-electron chi connectivity index (χ4n) is 1.80. The van der Waals surface area contributed by atoms with Crippen molar-refractivity contribution in [3.05, 3.63) is 23.8 Å². The molecule has 0 heterocycles. The Bertz CT molecular complexity index is 402. The maximum atomic E-state index is 8.79. The lowest BCUT2D eigenvalue weighted by Crippen LogP contribution is -2.04. The van der Waals surface area contributed by atoms with Gasteiger partial charge in [0, 0.05) is 6.54 Å². The molecule has 3 heteroatoms. The van der Waals surface area contributed by atoms with E-state index in [1.807, 2.05) is 6.07 Å². The fourth-order valence-corrected chi connectivity index (χ4v) is 1.80. The smallest absolute Gasteiger partial charge is 0.0992 e. The Hall–Kier alpha value is -1.69. The van der Waals surface area contributed by atoms with Crippen LogP contribution < -0.4 is 11.1 Å². The molecule has 0 bridgehead atoms. The molecular weight excluding hydrogens is 198 g/mol. The number of nitrogens with two attached hydrogens (primary N) is 1. The highest BCUT2D eigenvalue weighted by Gasteiger charge is 2.19. The zero-order valence-electron chi connectivity index (χ0n) is 9.37. The van der Waals surface area contributed by atoms with Crippen molar-refractivity contribution < 1.29 is 0 Å². The number of nitriles is 1. The van der Waals surface area contributed by atoms with E-state index in [0.717, 1.165) is 18.2 Å². The van der Waals surface area contributed by atoms with Crippen molar-refractivity contribution in [3.63, 3.8) is 0 Å². The van der Waals surface area contributed by atoms with Crippen molar-refractivity contribution in [1.82, 2.24) is 0 Å². The van der Waals surface area contributed by atoms with E-state index >= 15 is 0 Å². The van der Waals surface area contributed by atoms with E-state index in [2.05, 4.69) is 11.4 Å². The molecule has 0 radical (unpaired) electrons. The first-order valence-electron chi connectivity index (χ1n) is 5.83. The standard InChI is InChI=1S/C13H17N3/c14-9-11-5-6-12(15)13(8-11)16-7-1-2-10-3-4-10/h5-6,8,10,16H,1-4,7,15H2. The lowest BCUT2D eigenvalue weighted by molar-refractivity contribution is 0.687. The fraction of sp³-hybridized carbons (Fsp3) is 0.462. The van der Waals surface area contributed by atoms with Gasteiger partial charge in [0.25, 0.3) is 0 Å². The third kappa shape index (κ3) is 2.90. The quantitative estimate of drug-likeness (QED) is 0.586. The Labute approximate surface area is 96.3 Å². The summed E-state index contributed by atoms with van der Waals surface area (Å²) in [6.07, 6.45) is 5.31. The van der Waals surface area contributed by atoms with Gasteiger partial charge < -0.3 is 11.1 Å². The van der Waals surface area contributed by atoms with Gasteiger partial charge in [0.05, 0.1) is 23.0 Å². The summed E-state index contributed by atoms with van der Waals surface area (Å²) in [5, 5.41) is 12.1. The van der Waals surface area contributed by atoms with Gasteiger partial charge in [-0.1, -0.05) is 12.8 Å². The first-order valence-corrected chi connectivity index (χ1v) is 5.83. The molecule has 0 amide bonds. The number of nitrogens with one attached hydrogen (secondary N) is 1. The van der Waals surface area contributed by atoms with Crippen LogP contribution in [0.5, 0.6) is 0 Å². The van der Waals surface area contributed by atoms with Gasteiger partial charge in [0.15, 0.2) is 0 Å². The summed E-state index contributed by atoms with van der Waals surface area (Å²) in [5.74, 6) is 0.976. The molecule has 0 aromatic heterocycles. The number of nitrogen functional groups attached to an aromatic ring is 1. The Kier molecular flexibility index (Phi) is 3.31. The van der Waals surface area contributed by atoms with E-state index in [1.54, 1.807) is 12.1 Å². The molecule has 1 aliphatic carbocycles. The van der Waals surface area contributed by atoms with Gasteiger partial charge in [-0.25, -0.2) is 0 Å². The molecule has 1 fully saturated rings. The third-order valence-electron chi connectivity index (χ3n) is 2.98. The van der Waals surface area contributed by atoms with Crippen LogP contribution in [0.25, 0.3) is 0 Å². The normalized spacial score (nSPS) is 14.4. The molecule has 16 heavy (non-hydrogen) atoms. The average Bonchev–Trinajstić information content (AvgIpc) is 3.10. The molecule has 84 valence electrons. The molecule has 0 aliphatic heterocycles. The molecule has 1 aliphatic rings. The van der Waals surface area contributed by atoms with E-state index in [-0.39, 0.29) is 0 Å². The van der Waals surface area contributed by atoms with Crippen molar-refractivity contribution in [2.75, 3.05) is 17.6 Å². The van der Waals surface area contributed by atoms with Crippen molar-refractivity contribution in [1.29, 1.82) is 5.26 Å².